The predicted octanol–water partition coefficient (Wildman–Crippen LogP) is 6.75. The summed E-state index contributed by atoms with van der Waals surface area (Å²) in [5.74, 6) is -0.168. The van der Waals surface area contributed by atoms with E-state index in [1.807, 2.05) is 43.3 Å². The lowest BCUT2D eigenvalue weighted by molar-refractivity contribution is -0.116. The van der Waals surface area contributed by atoms with Gasteiger partial charge in [-0.05, 0) is 66.6 Å². The van der Waals surface area contributed by atoms with Crippen molar-refractivity contribution in [1.29, 1.82) is 0 Å². The van der Waals surface area contributed by atoms with E-state index in [2.05, 4.69) is 26.1 Å². The summed E-state index contributed by atoms with van der Waals surface area (Å²) in [4.78, 5) is 41.2. The molecule has 5 aromatic rings. The number of aryl methyl sites for hydroxylation is 1. The number of nitrogens with zero attached hydrogens (tertiary/aromatic N) is 2. The van der Waals surface area contributed by atoms with E-state index in [0.29, 0.717) is 39.2 Å². The second kappa shape index (κ2) is 16.4. The van der Waals surface area contributed by atoms with Crippen LogP contribution in [-0.4, -0.2) is 49.2 Å². The normalized spacial score (nSPS) is 11.6. The van der Waals surface area contributed by atoms with Crippen molar-refractivity contribution >= 4 is 57.7 Å². The number of ether oxygens (including phenoxy) is 3. The molecule has 3 N–H and O–H groups in total. The third kappa shape index (κ3) is 9.03. The van der Waals surface area contributed by atoms with Crippen molar-refractivity contribution in [2.45, 2.75) is 17.1 Å². The zero-order valence-electron chi connectivity index (χ0n) is 27.1. The van der Waals surface area contributed by atoms with Gasteiger partial charge in [-0.25, -0.2) is 0 Å². The molecule has 250 valence electrons. The summed E-state index contributed by atoms with van der Waals surface area (Å²) < 4.78 is 16.4. The summed E-state index contributed by atoms with van der Waals surface area (Å²) in [6.07, 6.45) is 1.52. The zero-order chi connectivity index (χ0) is 34.8. The van der Waals surface area contributed by atoms with E-state index in [9.17, 15) is 14.4 Å². The topological polar surface area (TPSA) is 141 Å². The predicted molar refractivity (Wildman–Crippen MR) is 191 cm³/mol. The Morgan fingerprint density at radius 1 is 0.796 bits per heavy atom. The lowest BCUT2D eigenvalue weighted by Crippen LogP contribution is -2.30. The zero-order valence-corrected chi connectivity index (χ0v) is 28.7. The molecule has 0 saturated heterocycles. The molecule has 1 heterocycles. The lowest BCUT2D eigenvalue weighted by Gasteiger charge is -2.17. The largest absolute Gasteiger partial charge is 0.493 e. The number of hydrogen-bond acceptors (Lipinski definition) is 10. The van der Waals surface area contributed by atoms with E-state index in [1.54, 1.807) is 60.7 Å². The highest BCUT2D eigenvalue weighted by Crippen LogP contribution is 2.39. The van der Waals surface area contributed by atoms with E-state index in [4.69, 9.17) is 14.2 Å². The molecule has 0 fully saturated rings. The summed E-state index contributed by atoms with van der Waals surface area (Å²) in [6, 6.07) is 28.4. The van der Waals surface area contributed by atoms with Gasteiger partial charge >= 0.3 is 0 Å². The van der Waals surface area contributed by atoms with Gasteiger partial charge in [0.1, 0.15) is 16.0 Å². The molecule has 0 bridgehead atoms. The van der Waals surface area contributed by atoms with Crippen LogP contribution in [0.4, 0.5) is 10.8 Å². The molecule has 1 aromatic heterocycles. The lowest BCUT2D eigenvalue weighted by atomic mass is 10.1. The summed E-state index contributed by atoms with van der Waals surface area (Å²) in [5, 5.41) is 17.0. The van der Waals surface area contributed by atoms with Crippen molar-refractivity contribution < 1.29 is 28.6 Å². The molecule has 0 aliphatic carbocycles. The number of anilines is 2. The van der Waals surface area contributed by atoms with Gasteiger partial charge in [0, 0.05) is 16.1 Å². The Balaban J connectivity index is 1.43. The van der Waals surface area contributed by atoms with Crippen LogP contribution in [-0.2, 0) is 9.59 Å². The quantitative estimate of drug-likeness (QED) is 0.0901. The molecule has 49 heavy (non-hydrogen) atoms. The SMILES string of the molecule is COc1cc(/C=C(/NC(=O)c2ccccc2)C(=O)Nc2cccc(SC(C(=O)Nc3nnc(C)s3)c3ccccc3)c2)cc(OC)c1OC. The Bertz CT molecular complexity index is 1940. The minimum absolute atomic E-state index is 0.0323. The van der Waals surface area contributed by atoms with Crippen LogP contribution < -0.4 is 30.2 Å². The van der Waals surface area contributed by atoms with Crippen molar-refractivity contribution in [2.75, 3.05) is 32.0 Å². The average molecular weight is 696 g/mol. The maximum absolute atomic E-state index is 13.8. The second-order valence-corrected chi connectivity index (χ2v) is 12.7. The first-order valence-corrected chi connectivity index (χ1v) is 16.6. The number of hydrogen-bond donors (Lipinski definition) is 3. The maximum Gasteiger partial charge on any atom is 0.272 e. The fraction of sp³-hybridized carbons (Fsp3) is 0.139. The Hall–Kier alpha value is -5.66. The van der Waals surface area contributed by atoms with Gasteiger partial charge in [-0.1, -0.05) is 65.9 Å². The first kappa shape index (κ1) is 34.7. The van der Waals surface area contributed by atoms with Crippen LogP contribution in [0.25, 0.3) is 6.08 Å². The van der Waals surface area contributed by atoms with Gasteiger partial charge < -0.3 is 24.8 Å². The van der Waals surface area contributed by atoms with Crippen LogP contribution >= 0.6 is 23.1 Å². The Kier molecular flexibility index (Phi) is 11.6. The molecule has 0 radical (unpaired) electrons. The van der Waals surface area contributed by atoms with Crippen LogP contribution in [0, 0.1) is 6.92 Å². The van der Waals surface area contributed by atoms with Crippen LogP contribution in [0.3, 0.4) is 0 Å². The molecule has 4 aromatic carbocycles. The molecule has 0 aliphatic heterocycles. The fourth-order valence-electron chi connectivity index (χ4n) is 4.69. The number of thioether (sulfide) groups is 1. The average Bonchev–Trinajstić information content (AvgIpc) is 3.54. The molecular formula is C36H33N5O6S2. The molecule has 0 spiro atoms. The molecular weight excluding hydrogens is 663 g/mol. The van der Waals surface area contributed by atoms with E-state index in [0.717, 1.165) is 15.5 Å². The standard InChI is InChI=1S/C36H33N5O6S2/c1-22-40-41-36(48-22)39-35(44)32(24-12-7-5-8-13-24)49-27-17-11-16-26(21-27)37-34(43)28(38-33(42)25-14-9-6-10-15-25)18-23-19-29(45-2)31(47-4)30(20-23)46-3/h5-21,32H,1-4H3,(H,37,43)(H,38,42)(H,39,41,44)/b28-18+. The number of nitrogens with one attached hydrogen (secondary N) is 3. The Labute approximate surface area is 291 Å². The first-order chi connectivity index (χ1) is 23.8. The summed E-state index contributed by atoms with van der Waals surface area (Å²) >= 11 is 2.61. The van der Waals surface area contributed by atoms with E-state index < -0.39 is 17.1 Å². The first-order valence-electron chi connectivity index (χ1n) is 14.9. The van der Waals surface area contributed by atoms with Gasteiger partial charge in [0.15, 0.2) is 11.5 Å². The number of benzene rings is 4. The summed E-state index contributed by atoms with van der Waals surface area (Å²) in [7, 11) is 4.47. The van der Waals surface area contributed by atoms with Crippen molar-refractivity contribution in [3.8, 4) is 17.2 Å². The number of carbonyl (C=O) groups is 3. The maximum atomic E-state index is 13.8. The highest BCUT2D eigenvalue weighted by Gasteiger charge is 2.24. The molecule has 1 unspecified atom stereocenters. The minimum Gasteiger partial charge on any atom is -0.493 e. The molecule has 5 rings (SSSR count). The van der Waals surface area contributed by atoms with Crippen LogP contribution in [0.5, 0.6) is 17.2 Å². The third-order valence-electron chi connectivity index (χ3n) is 6.97. The van der Waals surface area contributed by atoms with Gasteiger partial charge in [0.25, 0.3) is 11.8 Å². The van der Waals surface area contributed by atoms with E-state index in [1.165, 1.54) is 50.5 Å². The monoisotopic (exact) mass is 695 g/mol. The van der Waals surface area contributed by atoms with Gasteiger partial charge in [0.05, 0.1) is 21.3 Å². The fourth-order valence-corrected chi connectivity index (χ4v) is 6.37. The van der Waals surface area contributed by atoms with E-state index in [-0.39, 0.29) is 11.6 Å². The number of aromatic nitrogens is 2. The third-order valence-corrected chi connectivity index (χ3v) is 8.97. The highest BCUT2D eigenvalue weighted by molar-refractivity contribution is 8.00. The van der Waals surface area contributed by atoms with Crippen LogP contribution in [0.1, 0.15) is 31.7 Å². The summed E-state index contributed by atoms with van der Waals surface area (Å²) in [5.41, 5.74) is 2.10. The number of rotatable bonds is 13. The van der Waals surface area contributed by atoms with Crippen molar-refractivity contribution in [2.24, 2.45) is 0 Å². The Morgan fingerprint density at radius 2 is 1.47 bits per heavy atom. The number of methoxy groups -OCH3 is 3. The molecule has 0 saturated carbocycles. The molecule has 3 amide bonds. The van der Waals surface area contributed by atoms with Gasteiger partial charge in [0.2, 0.25) is 16.8 Å². The molecule has 13 heteroatoms. The van der Waals surface area contributed by atoms with Crippen molar-refractivity contribution in [3.05, 3.63) is 124 Å². The molecule has 1 atom stereocenters. The molecule has 11 nitrogen and oxygen atoms in total. The van der Waals surface area contributed by atoms with Crippen molar-refractivity contribution in [3.63, 3.8) is 0 Å². The molecule has 0 aliphatic rings. The summed E-state index contributed by atoms with van der Waals surface area (Å²) in [6.45, 7) is 1.81. The van der Waals surface area contributed by atoms with E-state index >= 15 is 0 Å². The van der Waals surface area contributed by atoms with Crippen LogP contribution in [0.2, 0.25) is 0 Å². The minimum atomic E-state index is -0.628. The van der Waals surface area contributed by atoms with Gasteiger partial charge in [-0.2, -0.15) is 0 Å². The van der Waals surface area contributed by atoms with Gasteiger partial charge in [-0.3, -0.25) is 19.7 Å². The second-order valence-electron chi connectivity index (χ2n) is 10.3. The highest BCUT2D eigenvalue weighted by atomic mass is 32.2. The van der Waals surface area contributed by atoms with Gasteiger partial charge in [-0.15, -0.1) is 22.0 Å². The Morgan fingerprint density at radius 3 is 2.08 bits per heavy atom. The number of amides is 3. The van der Waals surface area contributed by atoms with Crippen molar-refractivity contribution in [1.82, 2.24) is 15.5 Å². The smallest absolute Gasteiger partial charge is 0.272 e. The number of carbonyl (C=O) groups excluding carboxylic acids is 3. The van der Waals surface area contributed by atoms with Crippen LogP contribution in [0.15, 0.2) is 108 Å².